The first kappa shape index (κ1) is 23.2. The van der Waals surface area contributed by atoms with Crippen LogP contribution in [0.1, 0.15) is 13.8 Å². The zero-order valence-electron chi connectivity index (χ0n) is 16.1. The van der Waals surface area contributed by atoms with Crippen molar-refractivity contribution in [2.45, 2.75) is 25.3 Å². The minimum atomic E-state index is -2.54. The number of alkyl halides is 1. The highest BCUT2D eigenvalue weighted by Gasteiger charge is 2.27. The number of rotatable bonds is 8. The Hall–Kier alpha value is -3.11. The van der Waals surface area contributed by atoms with Gasteiger partial charge in [0.15, 0.2) is 0 Å². The van der Waals surface area contributed by atoms with Gasteiger partial charge >= 0.3 is 5.97 Å². The molecule has 2 unspecified atom stereocenters. The van der Waals surface area contributed by atoms with Gasteiger partial charge in [-0.2, -0.15) is 8.42 Å². The van der Waals surface area contributed by atoms with Crippen LogP contribution in [0.4, 0.5) is 11.4 Å². The van der Waals surface area contributed by atoms with Crippen LogP contribution < -0.4 is 10.1 Å². The summed E-state index contributed by atoms with van der Waals surface area (Å²) in [5, 5.41) is 13.0. The molecule has 0 heterocycles. The lowest BCUT2D eigenvalue weighted by Gasteiger charge is -2.20. The van der Waals surface area contributed by atoms with Crippen LogP contribution in [0.15, 0.2) is 54.3 Å². The largest absolute Gasteiger partial charge is 0.460 e. The maximum Gasteiger partial charge on any atom is 0.328 e. The summed E-state index contributed by atoms with van der Waals surface area (Å²) in [6, 6.07) is 2.97. The summed E-state index contributed by atoms with van der Waals surface area (Å²) in [6.45, 7) is 6.54. The number of nitro groups is 1. The molecule has 1 aliphatic rings. The van der Waals surface area contributed by atoms with Crippen LogP contribution in [0.5, 0.6) is 5.75 Å². The zero-order valence-corrected chi connectivity index (χ0v) is 17.7. The van der Waals surface area contributed by atoms with Gasteiger partial charge in [-0.15, -0.1) is 11.6 Å². The molecule has 2 atom stereocenters. The molecule has 0 saturated carbocycles. The molecule has 9 nitrogen and oxygen atoms in total. The van der Waals surface area contributed by atoms with Gasteiger partial charge in [0.1, 0.15) is 40.1 Å². The quantitative estimate of drug-likeness (QED) is 0.159. The average molecular weight is 455 g/mol. The van der Waals surface area contributed by atoms with Gasteiger partial charge in [0.25, 0.3) is 5.69 Å². The first-order chi connectivity index (χ1) is 14.1. The molecule has 1 aromatic carbocycles. The molecule has 0 aromatic heterocycles. The Kier molecular flexibility index (Phi) is 7.79. The highest BCUT2D eigenvalue weighted by atomic mass is 35.5. The molecule has 0 bridgehead atoms. The predicted molar refractivity (Wildman–Crippen MR) is 113 cm³/mol. The molecule has 0 amide bonds. The Labute approximate surface area is 179 Å². The fourth-order valence-corrected chi connectivity index (χ4v) is 3.68. The highest BCUT2D eigenvalue weighted by Crippen LogP contribution is 2.32. The van der Waals surface area contributed by atoms with Crippen molar-refractivity contribution >= 4 is 44.1 Å². The molecule has 0 saturated heterocycles. The first-order valence-electron chi connectivity index (χ1n) is 8.65. The van der Waals surface area contributed by atoms with E-state index in [9.17, 15) is 23.3 Å². The molecule has 0 radical (unpaired) electrons. The zero-order chi connectivity index (χ0) is 22.4. The van der Waals surface area contributed by atoms with E-state index in [4.69, 9.17) is 21.1 Å². The fraction of sp³-hybridized carbons (Fsp3) is 0.263. The Bertz CT molecular complexity index is 1070. The standard InChI is InChI=1S/C19H19ClN2O7S/c1-4-9-28-19(23)12(3)21-14-10-13(6-7-15(14)22(24)25)29-16-8-5-11(2)18(17(16)20)30(26)27/h4-8,10,12,17,21H,1,9H2,2-3H3. The van der Waals surface area contributed by atoms with Crippen LogP contribution >= 0.6 is 11.6 Å². The van der Waals surface area contributed by atoms with E-state index in [2.05, 4.69) is 11.9 Å². The number of nitro benzene ring substituents is 1. The van der Waals surface area contributed by atoms with E-state index in [0.29, 0.717) is 5.57 Å². The second-order valence-electron chi connectivity index (χ2n) is 6.20. The lowest BCUT2D eigenvalue weighted by Crippen LogP contribution is -2.28. The molecule has 2 rings (SSSR count). The summed E-state index contributed by atoms with van der Waals surface area (Å²) in [5.74, 6) is -0.320. The number of nitrogens with one attached hydrogen (secondary N) is 1. The molecule has 0 spiro atoms. The molecular formula is C19H19ClN2O7S. The summed E-state index contributed by atoms with van der Waals surface area (Å²) < 4.78 is 33.5. The Morgan fingerprint density at radius 3 is 2.73 bits per heavy atom. The number of hydrogen-bond acceptors (Lipinski definition) is 8. The van der Waals surface area contributed by atoms with Crippen LogP contribution in [-0.4, -0.2) is 42.2 Å². The topological polar surface area (TPSA) is 125 Å². The number of hydrogen-bond donors (Lipinski definition) is 1. The first-order valence-corrected chi connectivity index (χ1v) is 10.2. The van der Waals surface area contributed by atoms with Crippen molar-refractivity contribution in [3.63, 3.8) is 0 Å². The number of esters is 1. The molecule has 30 heavy (non-hydrogen) atoms. The van der Waals surface area contributed by atoms with Crippen molar-refractivity contribution in [3.05, 3.63) is 64.5 Å². The minimum Gasteiger partial charge on any atom is -0.460 e. The van der Waals surface area contributed by atoms with Gasteiger partial charge in [-0.25, -0.2) is 4.79 Å². The second kappa shape index (κ2) is 10.1. The van der Waals surface area contributed by atoms with E-state index in [0.717, 1.165) is 0 Å². The van der Waals surface area contributed by atoms with Crippen LogP contribution in [0, 0.1) is 10.1 Å². The number of ether oxygens (including phenoxy) is 2. The third kappa shape index (κ3) is 5.49. The molecular weight excluding hydrogens is 436 g/mol. The van der Waals surface area contributed by atoms with Gasteiger partial charge in [-0.3, -0.25) is 10.1 Å². The Balaban J connectivity index is 2.32. The summed E-state index contributed by atoms with van der Waals surface area (Å²) in [5.41, 5.74) is 0.217. The summed E-state index contributed by atoms with van der Waals surface area (Å²) >= 11 is 6.23. The van der Waals surface area contributed by atoms with Gasteiger partial charge in [0, 0.05) is 12.1 Å². The Morgan fingerprint density at radius 1 is 1.43 bits per heavy atom. The van der Waals surface area contributed by atoms with Crippen molar-refractivity contribution < 1.29 is 27.6 Å². The molecule has 1 N–H and O–H groups in total. The molecule has 160 valence electrons. The SMILES string of the molecule is C=CCOC(=O)C(C)Nc1cc(OC2=CC=C(C)C(=S(=O)=O)C2Cl)ccc1[N+](=O)[O-]. The van der Waals surface area contributed by atoms with Gasteiger partial charge in [0.2, 0.25) is 10.3 Å². The van der Waals surface area contributed by atoms with Gasteiger partial charge < -0.3 is 14.8 Å². The highest BCUT2D eigenvalue weighted by molar-refractivity contribution is 7.73. The van der Waals surface area contributed by atoms with Crippen LogP contribution in [0.2, 0.25) is 0 Å². The fourth-order valence-electron chi connectivity index (χ4n) is 2.55. The summed E-state index contributed by atoms with van der Waals surface area (Å²) in [6.07, 6.45) is 4.47. The van der Waals surface area contributed by atoms with Gasteiger partial charge in [-0.1, -0.05) is 18.7 Å². The minimum absolute atomic E-state index is 0.00815. The van der Waals surface area contributed by atoms with E-state index in [1.165, 1.54) is 37.3 Å². The smallest absolute Gasteiger partial charge is 0.328 e. The van der Waals surface area contributed by atoms with Crippen LogP contribution in [0.3, 0.4) is 0 Å². The number of carbonyl (C=O) groups is 1. The number of anilines is 1. The lowest BCUT2D eigenvalue weighted by molar-refractivity contribution is -0.384. The Morgan fingerprint density at radius 2 is 2.13 bits per heavy atom. The summed E-state index contributed by atoms with van der Waals surface area (Å²) in [4.78, 5) is 22.6. The van der Waals surface area contributed by atoms with Crippen LogP contribution in [0.25, 0.3) is 0 Å². The van der Waals surface area contributed by atoms with Crippen molar-refractivity contribution in [2.75, 3.05) is 11.9 Å². The van der Waals surface area contributed by atoms with E-state index in [-0.39, 0.29) is 34.4 Å². The van der Waals surface area contributed by atoms with Crippen molar-refractivity contribution in [2.24, 2.45) is 0 Å². The third-order valence-corrected chi connectivity index (χ3v) is 5.49. The maximum atomic E-state index is 11.9. The number of benzene rings is 1. The molecule has 11 heteroatoms. The normalized spacial score (nSPS) is 16.6. The number of allylic oxidation sites excluding steroid dienone is 4. The monoisotopic (exact) mass is 454 g/mol. The maximum absolute atomic E-state index is 11.9. The van der Waals surface area contributed by atoms with E-state index in [1.807, 2.05) is 0 Å². The molecule has 1 aliphatic carbocycles. The lowest BCUT2D eigenvalue weighted by atomic mass is 10.0. The molecule has 1 aromatic rings. The van der Waals surface area contributed by atoms with E-state index in [1.54, 1.807) is 13.0 Å². The van der Waals surface area contributed by atoms with Crippen LogP contribution in [-0.2, 0) is 19.8 Å². The van der Waals surface area contributed by atoms with E-state index < -0.39 is 32.6 Å². The number of halogens is 1. The van der Waals surface area contributed by atoms with Gasteiger partial charge in [0.05, 0.1) is 4.92 Å². The van der Waals surface area contributed by atoms with Crippen molar-refractivity contribution in [1.82, 2.24) is 0 Å². The molecule has 0 fully saturated rings. The van der Waals surface area contributed by atoms with E-state index >= 15 is 0 Å². The molecule has 0 aliphatic heterocycles. The summed E-state index contributed by atoms with van der Waals surface area (Å²) in [7, 11) is -2.54. The number of nitrogens with zero attached hydrogens (tertiary/aromatic N) is 1. The average Bonchev–Trinajstić information content (AvgIpc) is 2.68. The van der Waals surface area contributed by atoms with Crippen molar-refractivity contribution in [3.8, 4) is 5.75 Å². The predicted octanol–water partition coefficient (Wildman–Crippen LogP) is 3.01. The second-order valence-corrected chi connectivity index (χ2v) is 7.55. The number of carbonyl (C=O) groups excluding carboxylic acids is 1. The third-order valence-electron chi connectivity index (χ3n) is 4.02. The van der Waals surface area contributed by atoms with Gasteiger partial charge in [-0.05, 0) is 31.6 Å². The van der Waals surface area contributed by atoms with Crippen molar-refractivity contribution in [1.29, 1.82) is 0 Å².